The van der Waals surface area contributed by atoms with Crippen molar-refractivity contribution in [1.82, 2.24) is 20.2 Å². The lowest BCUT2D eigenvalue weighted by molar-refractivity contribution is -0.136. The zero-order valence-corrected chi connectivity index (χ0v) is 18.7. The Morgan fingerprint density at radius 2 is 1.77 bits per heavy atom. The van der Waals surface area contributed by atoms with Crippen LogP contribution in [0.15, 0.2) is 36.8 Å². The molecule has 6 nitrogen and oxygen atoms in total. The van der Waals surface area contributed by atoms with Crippen LogP contribution in [0.1, 0.15) is 77.3 Å². The molecular formula is C25H32N4O2. The van der Waals surface area contributed by atoms with Crippen LogP contribution in [0.4, 0.5) is 4.79 Å². The van der Waals surface area contributed by atoms with Gasteiger partial charge in [-0.2, -0.15) is 0 Å². The first kappa shape index (κ1) is 20.3. The van der Waals surface area contributed by atoms with E-state index < -0.39 is 0 Å². The normalized spacial score (nSPS) is 28.7. The average molecular weight is 421 g/mol. The molecule has 2 bridgehead atoms. The van der Waals surface area contributed by atoms with Gasteiger partial charge >= 0.3 is 6.03 Å². The van der Waals surface area contributed by atoms with Crippen LogP contribution in [-0.2, 0) is 4.79 Å². The van der Waals surface area contributed by atoms with E-state index in [0.29, 0.717) is 12.2 Å². The molecule has 6 rings (SSSR count). The number of nitrogens with zero attached hydrogens (tertiary/aromatic N) is 2. The summed E-state index contributed by atoms with van der Waals surface area (Å²) in [6.45, 7) is 5.97. The molecule has 3 aliphatic carbocycles. The predicted octanol–water partition coefficient (Wildman–Crippen LogP) is 4.60. The summed E-state index contributed by atoms with van der Waals surface area (Å²) in [6, 6.07) is 8.31. The lowest BCUT2D eigenvalue weighted by Crippen LogP contribution is -2.61. The van der Waals surface area contributed by atoms with Gasteiger partial charge in [-0.1, -0.05) is 24.3 Å². The molecule has 31 heavy (non-hydrogen) atoms. The summed E-state index contributed by atoms with van der Waals surface area (Å²) in [4.78, 5) is 30.4. The number of urea groups is 1. The van der Waals surface area contributed by atoms with Crippen LogP contribution in [0, 0.1) is 5.41 Å². The topological polar surface area (TPSA) is 76.0 Å². The van der Waals surface area contributed by atoms with Gasteiger partial charge < -0.3 is 15.2 Å². The Balaban J connectivity index is 1.28. The first-order valence-corrected chi connectivity index (χ1v) is 11.5. The summed E-state index contributed by atoms with van der Waals surface area (Å²) < 4.78 is 2.16. The van der Waals surface area contributed by atoms with Gasteiger partial charge in [0.2, 0.25) is 0 Å². The van der Waals surface area contributed by atoms with E-state index in [-0.39, 0.29) is 28.6 Å². The van der Waals surface area contributed by atoms with Crippen molar-refractivity contribution in [2.24, 2.45) is 5.41 Å². The molecule has 3 fully saturated rings. The van der Waals surface area contributed by atoms with Gasteiger partial charge in [-0.3, -0.25) is 4.79 Å². The van der Waals surface area contributed by atoms with Crippen molar-refractivity contribution in [2.75, 3.05) is 0 Å². The van der Waals surface area contributed by atoms with Crippen LogP contribution in [0.25, 0.3) is 11.3 Å². The SMILES string of the molecule is CC(C)(C)NC(=O)NC12CCC(C(=O)CC3c4ccccc4-c4cncn43)(CC1)CC2. The number of imidazole rings is 1. The molecule has 4 aliphatic rings. The Bertz CT molecular complexity index is 1010. The van der Waals surface area contributed by atoms with E-state index in [2.05, 4.69) is 38.4 Å². The number of carbonyl (C=O) groups is 2. The number of ketones is 1. The number of nitrogens with one attached hydrogen (secondary N) is 2. The predicted molar refractivity (Wildman–Crippen MR) is 120 cm³/mol. The fourth-order valence-electron chi connectivity index (χ4n) is 5.94. The standard InChI is InChI=1S/C25H32N4O2/c1-23(2,3)27-22(31)28-25-11-8-24(9-12-25,10-13-25)21(30)14-19-17-6-4-5-7-18(17)20-15-26-16-29(19)20/h4-7,15-16,19H,8-14H2,1-3H3,(H2,27,28,31). The number of amides is 2. The van der Waals surface area contributed by atoms with Crippen LogP contribution in [-0.4, -0.2) is 32.4 Å². The molecule has 1 atom stereocenters. The third-order valence-electron chi connectivity index (χ3n) is 7.68. The molecule has 1 aromatic carbocycles. The van der Waals surface area contributed by atoms with E-state index in [1.54, 1.807) is 0 Å². The molecule has 1 aliphatic heterocycles. The quantitative estimate of drug-likeness (QED) is 0.759. The molecule has 2 heterocycles. The number of carbonyl (C=O) groups excluding carboxylic acids is 2. The van der Waals surface area contributed by atoms with E-state index in [4.69, 9.17) is 0 Å². The second kappa shape index (κ2) is 6.94. The van der Waals surface area contributed by atoms with Crippen LogP contribution in [0.2, 0.25) is 0 Å². The summed E-state index contributed by atoms with van der Waals surface area (Å²) in [5.41, 5.74) is 2.87. The third-order valence-corrected chi connectivity index (χ3v) is 7.68. The number of rotatable bonds is 4. The summed E-state index contributed by atoms with van der Waals surface area (Å²) in [7, 11) is 0. The van der Waals surface area contributed by atoms with E-state index in [0.717, 1.165) is 44.2 Å². The Morgan fingerprint density at radius 3 is 2.45 bits per heavy atom. The van der Waals surface area contributed by atoms with Crippen molar-refractivity contribution >= 4 is 11.8 Å². The minimum atomic E-state index is -0.256. The molecule has 0 spiro atoms. The van der Waals surface area contributed by atoms with Gasteiger partial charge in [0, 0.05) is 28.5 Å². The maximum Gasteiger partial charge on any atom is 0.315 e. The monoisotopic (exact) mass is 420 g/mol. The van der Waals surface area contributed by atoms with Gasteiger partial charge in [-0.05, 0) is 64.9 Å². The zero-order valence-electron chi connectivity index (χ0n) is 18.7. The van der Waals surface area contributed by atoms with Gasteiger partial charge in [0.25, 0.3) is 0 Å². The van der Waals surface area contributed by atoms with Gasteiger partial charge in [0.15, 0.2) is 0 Å². The Morgan fingerprint density at radius 1 is 1.10 bits per heavy atom. The van der Waals surface area contributed by atoms with E-state index in [1.165, 1.54) is 11.1 Å². The van der Waals surface area contributed by atoms with Crippen molar-refractivity contribution in [3.05, 3.63) is 42.4 Å². The minimum absolute atomic E-state index is 0.0415. The average Bonchev–Trinajstić information content (AvgIpc) is 3.30. The van der Waals surface area contributed by atoms with Crippen molar-refractivity contribution in [3.8, 4) is 11.3 Å². The highest BCUT2D eigenvalue weighted by atomic mass is 16.2. The van der Waals surface area contributed by atoms with Gasteiger partial charge in [0.05, 0.1) is 24.3 Å². The maximum atomic E-state index is 13.7. The number of aromatic nitrogens is 2. The first-order chi connectivity index (χ1) is 14.7. The summed E-state index contributed by atoms with van der Waals surface area (Å²) in [5, 5.41) is 6.27. The molecule has 3 saturated carbocycles. The van der Waals surface area contributed by atoms with Gasteiger partial charge in [0.1, 0.15) is 5.78 Å². The molecule has 2 N–H and O–H groups in total. The molecule has 1 aromatic heterocycles. The van der Waals surface area contributed by atoms with Crippen LogP contribution in [0.3, 0.4) is 0 Å². The smallest absolute Gasteiger partial charge is 0.315 e. The molecular weight excluding hydrogens is 388 g/mol. The van der Waals surface area contributed by atoms with Crippen molar-refractivity contribution in [2.45, 2.75) is 82.8 Å². The molecule has 0 radical (unpaired) electrons. The molecule has 164 valence electrons. The Labute approximate surface area is 183 Å². The zero-order chi connectivity index (χ0) is 21.9. The minimum Gasteiger partial charge on any atom is -0.334 e. The largest absolute Gasteiger partial charge is 0.334 e. The third kappa shape index (κ3) is 3.46. The van der Waals surface area contributed by atoms with E-state index in [9.17, 15) is 9.59 Å². The Hall–Kier alpha value is -2.63. The maximum absolute atomic E-state index is 13.7. The van der Waals surface area contributed by atoms with Gasteiger partial charge in [-0.25, -0.2) is 9.78 Å². The van der Waals surface area contributed by atoms with Crippen LogP contribution < -0.4 is 10.6 Å². The highest BCUT2D eigenvalue weighted by Crippen LogP contribution is 2.54. The fraction of sp³-hybridized carbons (Fsp3) is 0.560. The molecule has 0 saturated heterocycles. The summed E-state index contributed by atoms with van der Waals surface area (Å²) >= 11 is 0. The van der Waals surface area contributed by atoms with Gasteiger partial charge in [-0.15, -0.1) is 0 Å². The van der Waals surface area contributed by atoms with Crippen molar-refractivity contribution in [1.29, 1.82) is 0 Å². The van der Waals surface area contributed by atoms with Crippen molar-refractivity contribution < 1.29 is 9.59 Å². The van der Waals surface area contributed by atoms with Crippen molar-refractivity contribution in [3.63, 3.8) is 0 Å². The van der Waals surface area contributed by atoms with Crippen LogP contribution in [0.5, 0.6) is 0 Å². The molecule has 2 aromatic rings. The van der Waals surface area contributed by atoms with E-state index in [1.807, 2.05) is 39.4 Å². The van der Waals surface area contributed by atoms with E-state index >= 15 is 0 Å². The highest BCUT2D eigenvalue weighted by molar-refractivity contribution is 5.87. The second-order valence-electron chi connectivity index (χ2n) is 10.8. The number of Topliss-reactive ketones (excluding diaryl/α,β-unsaturated/α-hetero) is 1. The second-order valence-corrected chi connectivity index (χ2v) is 10.8. The number of fused-ring (bicyclic) bond motifs is 6. The Kier molecular flexibility index (Phi) is 4.54. The molecule has 6 heteroatoms. The summed E-state index contributed by atoms with van der Waals surface area (Å²) in [6.07, 6.45) is 9.52. The molecule has 1 unspecified atom stereocenters. The lowest BCUT2D eigenvalue weighted by atomic mass is 9.55. The summed E-state index contributed by atoms with van der Waals surface area (Å²) in [5.74, 6) is 0.376. The lowest BCUT2D eigenvalue weighted by Gasteiger charge is -2.53. The number of hydrogen-bond acceptors (Lipinski definition) is 3. The number of benzene rings is 1. The molecule has 2 amide bonds. The van der Waals surface area contributed by atoms with Crippen LogP contribution >= 0.6 is 0 Å². The highest BCUT2D eigenvalue weighted by Gasteiger charge is 2.53. The first-order valence-electron chi connectivity index (χ1n) is 11.5. The fourth-order valence-corrected chi connectivity index (χ4v) is 5.94. The number of hydrogen-bond donors (Lipinski definition) is 2.